The smallest absolute Gasteiger partial charge is 0.321 e. The zero-order valence-corrected chi connectivity index (χ0v) is 19.7. The zero-order valence-electron chi connectivity index (χ0n) is 18.1. The van der Waals surface area contributed by atoms with Crippen molar-refractivity contribution in [2.75, 3.05) is 31.5 Å². The highest BCUT2D eigenvalue weighted by molar-refractivity contribution is 9.10. The summed E-state index contributed by atoms with van der Waals surface area (Å²) in [7, 11) is 0. The van der Waals surface area contributed by atoms with Crippen molar-refractivity contribution >= 4 is 27.6 Å². The quantitative estimate of drug-likeness (QED) is 0.569. The van der Waals surface area contributed by atoms with Crippen molar-refractivity contribution in [2.24, 2.45) is 0 Å². The van der Waals surface area contributed by atoms with E-state index in [2.05, 4.69) is 62.3 Å². The van der Waals surface area contributed by atoms with Crippen LogP contribution < -0.4 is 5.32 Å². The first-order valence-electron chi connectivity index (χ1n) is 11.0. The molecule has 2 amide bonds. The molecule has 6 nitrogen and oxygen atoms in total. The van der Waals surface area contributed by atoms with Gasteiger partial charge in [0.05, 0.1) is 23.6 Å². The van der Waals surface area contributed by atoms with E-state index in [-0.39, 0.29) is 12.1 Å². The number of benzene rings is 1. The summed E-state index contributed by atoms with van der Waals surface area (Å²) in [5.74, 6) is 0. The minimum absolute atomic E-state index is 0.0722. The first-order chi connectivity index (χ1) is 15.6. The van der Waals surface area contributed by atoms with Crippen molar-refractivity contribution < 1.29 is 4.79 Å². The van der Waals surface area contributed by atoms with Gasteiger partial charge in [0.15, 0.2) is 0 Å². The number of carbonyl (C=O) groups excluding carboxylic acids is 1. The van der Waals surface area contributed by atoms with Crippen LogP contribution in [0.5, 0.6) is 0 Å². The van der Waals surface area contributed by atoms with Gasteiger partial charge in [-0.3, -0.25) is 14.9 Å². The summed E-state index contributed by atoms with van der Waals surface area (Å²) in [4.78, 5) is 26.0. The standard InChI is InChI=1S/C25H26BrN5O/c1-17-4-7-22-18(13-17)5-6-19-14-20(26)15-28-23(19)24(22)30-9-11-31(12-10-30)25(32)29-21-3-2-8-27-16-21/h2-4,7-8,13-16,24H,5-6,9-12H2,1H3,(H,29,32). The molecule has 32 heavy (non-hydrogen) atoms. The summed E-state index contributed by atoms with van der Waals surface area (Å²) in [6, 6.07) is 12.7. The number of nitrogens with zero attached hydrogens (tertiary/aromatic N) is 4. The van der Waals surface area contributed by atoms with Crippen LogP contribution in [0.4, 0.5) is 10.5 Å². The molecule has 2 aromatic heterocycles. The maximum atomic E-state index is 12.7. The number of hydrogen-bond acceptors (Lipinski definition) is 4. The number of halogens is 1. The van der Waals surface area contributed by atoms with Crippen LogP contribution in [0, 0.1) is 6.92 Å². The molecule has 1 N–H and O–H groups in total. The van der Waals surface area contributed by atoms with Gasteiger partial charge in [0.2, 0.25) is 0 Å². The van der Waals surface area contributed by atoms with Gasteiger partial charge in [-0.25, -0.2) is 4.79 Å². The normalized spacial score (nSPS) is 18.4. The van der Waals surface area contributed by atoms with Crippen LogP contribution in [0.3, 0.4) is 0 Å². The monoisotopic (exact) mass is 491 g/mol. The summed E-state index contributed by atoms with van der Waals surface area (Å²) < 4.78 is 1.02. The molecular formula is C25H26BrN5O. The molecule has 2 aliphatic rings. The van der Waals surface area contributed by atoms with E-state index in [1.54, 1.807) is 12.4 Å². The average Bonchev–Trinajstić information content (AvgIpc) is 2.96. The molecule has 1 fully saturated rings. The van der Waals surface area contributed by atoms with Crippen molar-refractivity contribution in [1.82, 2.24) is 19.8 Å². The van der Waals surface area contributed by atoms with Crippen molar-refractivity contribution in [2.45, 2.75) is 25.8 Å². The molecule has 164 valence electrons. The molecule has 0 bridgehead atoms. The highest BCUT2D eigenvalue weighted by atomic mass is 79.9. The molecule has 0 spiro atoms. The molecule has 5 rings (SSSR count). The van der Waals surface area contributed by atoms with Crippen LogP contribution >= 0.6 is 15.9 Å². The Morgan fingerprint density at radius 3 is 2.66 bits per heavy atom. The molecular weight excluding hydrogens is 466 g/mol. The van der Waals surface area contributed by atoms with E-state index in [0.29, 0.717) is 13.1 Å². The van der Waals surface area contributed by atoms with Gasteiger partial charge in [-0.2, -0.15) is 0 Å². The second-order valence-corrected chi connectivity index (χ2v) is 9.41. The Labute approximate surface area is 196 Å². The molecule has 1 aromatic carbocycles. The number of hydrogen-bond donors (Lipinski definition) is 1. The number of amides is 2. The maximum Gasteiger partial charge on any atom is 0.321 e. The third kappa shape index (κ3) is 4.27. The highest BCUT2D eigenvalue weighted by Crippen LogP contribution is 2.37. The summed E-state index contributed by atoms with van der Waals surface area (Å²) in [5.41, 5.74) is 7.20. The average molecular weight is 492 g/mol. The molecule has 0 radical (unpaired) electrons. The fraction of sp³-hybridized carbons (Fsp3) is 0.320. The third-order valence-corrected chi connectivity index (χ3v) is 6.80. The van der Waals surface area contributed by atoms with Gasteiger partial charge >= 0.3 is 6.03 Å². The van der Waals surface area contributed by atoms with Gasteiger partial charge in [0.25, 0.3) is 0 Å². The van der Waals surface area contributed by atoms with Crippen LogP contribution in [0.1, 0.15) is 34.0 Å². The molecule has 3 heterocycles. The van der Waals surface area contributed by atoms with E-state index in [0.717, 1.165) is 41.8 Å². The van der Waals surface area contributed by atoms with E-state index in [1.807, 2.05) is 23.2 Å². The number of rotatable bonds is 2. The Hall–Kier alpha value is -2.77. The number of anilines is 1. The molecule has 1 aliphatic heterocycles. The molecule has 1 aliphatic carbocycles. The van der Waals surface area contributed by atoms with Crippen molar-refractivity contribution in [3.8, 4) is 0 Å². The highest BCUT2D eigenvalue weighted by Gasteiger charge is 2.33. The lowest BCUT2D eigenvalue weighted by Crippen LogP contribution is -2.51. The van der Waals surface area contributed by atoms with Crippen molar-refractivity contribution in [1.29, 1.82) is 0 Å². The number of aromatic nitrogens is 2. The topological polar surface area (TPSA) is 61.4 Å². The zero-order chi connectivity index (χ0) is 22.1. The Morgan fingerprint density at radius 1 is 1.06 bits per heavy atom. The number of fused-ring (bicyclic) bond motifs is 2. The number of carbonyl (C=O) groups is 1. The molecule has 0 saturated carbocycles. The van der Waals surface area contributed by atoms with Crippen LogP contribution in [0.2, 0.25) is 0 Å². The fourth-order valence-electron chi connectivity index (χ4n) is 4.76. The summed E-state index contributed by atoms with van der Waals surface area (Å²) in [5, 5.41) is 2.95. The maximum absolute atomic E-state index is 12.7. The lowest BCUT2D eigenvalue weighted by Gasteiger charge is -2.39. The molecule has 7 heteroatoms. The van der Waals surface area contributed by atoms with Gasteiger partial charge in [-0.1, -0.05) is 23.8 Å². The Morgan fingerprint density at radius 2 is 1.88 bits per heavy atom. The second kappa shape index (κ2) is 9.00. The van der Waals surface area contributed by atoms with Gasteiger partial charge in [-0.15, -0.1) is 0 Å². The SMILES string of the molecule is Cc1ccc2c(c1)CCc1cc(Br)cnc1C2N1CCN(C(=O)Nc2cccnc2)CC1. The fourth-order valence-corrected chi connectivity index (χ4v) is 5.14. The van der Waals surface area contributed by atoms with Crippen LogP contribution in [-0.4, -0.2) is 52.0 Å². The van der Waals surface area contributed by atoms with Crippen LogP contribution in [-0.2, 0) is 12.8 Å². The minimum Gasteiger partial charge on any atom is -0.322 e. The van der Waals surface area contributed by atoms with Gasteiger partial charge in [0, 0.05) is 43.0 Å². The van der Waals surface area contributed by atoms with Gasteiger partial charge < -0.3 is 10.2 Å². The Balaban J connectivity index is 1.38. The summed E-state index contributed by atoms with van der Waals surface area (Å²) in [6.45, 7) is 5.11. The van der Waals surface area contributed by atoms with Crippen molar-refractivity contribution in [3.63, 3.8) is 0 Å². The second-order valence-electron chi connectivity index (χ2n) is 8.50. The van der Waals surface area contributed by atoms with E-state index >= 15 is 0 Å². The van der Waals surface area contributed by atoms with Crippen molar-refractivity contribution in [3.05, 3.63) is 87.4 Å². The molecule has 1 atom stereocenters. The Kier molecular flexibility index (Phi) is 5.93. The predicted molar refractivity (Wildman–Crippen MR) is 129 cm³/mol. The molecule has 1 unspecified atom stereocenters. The van der Waals surface area contributed by atoms with E-state index in [1.165, 1.54) is 22.3 Å². The molecule has 1 saturated heterocycles. The number of nitrogens with one attached hydrogen (secondary N) is 1. The van der Waals surface area contributed by atoms with Gasteiger partial charge in [0.1, 0.15) is 0 Å². The first-order valence-corrected chi connectivity index (χ1v) is 11.8. The third-order valence-electron chi connectivity index (χ3n) is 6.36. The number of piperazine rings is 1. The summed E-state index contributed by atoms with van der Waals surface area (Å²) >= 11 is 3.60. The van der Waals surface area contributed by atoms with E-state index in [4.69, 9.17) is 4.98 Å². The van der Waals surface area contributed by atoms with Crippen LogP contribution in [0.15, 0.2) is 59.5 Å². The van der Waals surface area contributed by atoms with Gasteiger partial charge in [-0.05, 0) is 70.6 Å². The van der Waals surface area contributed by atoms with E-state index in [9.17, 15) is 4.79 Å². The molecule has 3 aromatic rings. The lowest BCUT2D eigenvalue weighted by molar-refractivity contribution is 0.125. The largest absolute Gasteiger partial charge is 0.322 e. The predicted octanol–water partition coefficient (Wildman–Crippen LogP) is 4.59. The van der Waals surface area contributed by atoms with E-state index < -0.39 is 0 Å². The number of urea groups is 1. The Bertz CT molecular complexity index is 1070. The minimum atomic E-state index is -0.0722. The number of pyridine rings is 2. The first kappa shape index (κ1) is 21.1. The number of aryl methyl sites for hydroxylation is 3. The lowest BCUT2D eigenvalue weighted by atomic mass is 9.94. The van der Waals surface area contributed by atoms with Crippen LogP contribution in [0.25, 0.3) is 0 Å². The summed E-state index contributed by atoms with van der Waals surface area (Å²) in [6.07, 6.45) is 7.28.